The summed E-state index contributed by atoms with van der Waals surface area (Å²) in [6.07, 6.45) is 0. The lowest BCUT2D eigenvalue weighted by molar-refractivity contribution is 0.722. The minimum atomic E-state index is 0.414. The molecule has 0 atom stereocenters. The summed E-state index contributed by atoms with van der Waals surface area (Å²) in [4.78, 5) is 8.93. The smallest absolute Gasteiger partial charge is 0.131 e. The molecule has 0 bridgehead atoms. The molecular weight excluding hydrogens is 160 g/mol. The van der Waals surface area contributed by atoms with Gasteiger partial charge in [-0.1, -0.05) is 27.7 Å². The molecule has 13 heavy (non-hydrogen) atoms. The van der Waals surface area contributed by atoms with Gasteiger partial charge in [0.1, 0.15) is 5.82 Å². The van der Waals surface area contributed by atoms with Gasteiger partial charge in [0, 0.05) is 17.3 Å². The Bertz CT molecular complexity index is 264. The molecule has 72 valence electrons. The molecule has 0 aliphatic carbocycles. The maximum Gasteiger partial charge on any atom is 0.131 e. The molecule has 0 N–H and O–H groups in total. The lowest BCUT2D eigenvalue weighted by Crippen LogP contribution is -2.04. The zero-order valence-corrected chi connectivity index (χ0v) is 9.13. The van der Waals surface area contributed by atoms with Crippen molar-refractivity contribution in [2.75, 3.05) is 0 Å². The molecule has 0 aliphatic rings. The molecule has 0 radical (unpaired) electrons. The molecule has 0 aromatic carbocycles. The van der Waals surface area contributed by atoms with Gasteiger partial charge in [-0.15, -0.1) is 0 Å². The lowest BCUT2D eigenvalue weighted by atomic mass is 10.1. The topological polar surface area (TPSA) is 25.8 Å². The zero-order valence-electron chi connectivity index (χ0n) is 9.13. The second-order valence-corrected chi connectivity index (χ2v) is 4.10. The maximum absolute atomic E-state index is 4.52. The van der Waals surface area contributed by atoms with E-state index in [2.05, 4.69) is 43.7 Å². The first-order valence-corrected chi connectivity index (χ1v) is 4.86. The zero-order chi connectivity index (χ0) is 10.0. The van der Waals surface area contributed by atoms with Gasteiger partial charge in [0.05, 0.1) is 0 Å². The molecule has 2 heteroatoms. The van der Waals surface area contributed by atoms with Gasteiger partial charge in [-0.2, -0.15) is 0 Å². The van der Waals surface area contributed by atoms with E-state index in [9.17, 15) is 0 Å². The summed E-state index contributed by atoms with van der Waals surface area (Å²) in [5.41, 5.74) is 2.22. The number of hydrogen-bond acceptors (Lipinski definition) is 2. The number of aryl methyl sites for hydroxylation is 1. The molecular formula is C11H18N2. The van der Waals surface area contributed by atoms with Crippen LogP contribution in [-0.4, -0.2) is 9.97 Å². The molecule has 0 fully saturated rings. The molecule has 0 saturated carbocycles. The van der Waals surface area contributed by atoms with Gasteiger partial charge in [-0.05, 0) is 18.9 Å². The highest BCUT2D eigenvalue weighted by atomic mass is 14.9. The van der Waals surface area contributed by atoms with Crippen molar-refractivity contribution in [3.8, 4) is 0 Å². The normalized spacial score (nSPS) is 11.3. The number of rotatable bonds is 2. The Morgan fingerprint density at radius 1 is 1.00 bits per heavy atom. The van der Waals surface area contributed by atoms with Crippen LogP contribution >= 0.6 is 0 Å². The Labute approximate surface area is 80.4 Å². The van der Waals surface area contributed by atoms with Gasteiger partial charge in [0.2, 0.25) is 0 Å². The van der Waals surface area contributed by atoms with Gasteiger partial charge in [0.15, 0.2) is 0 Å². The van der Waals surface area contributed by atoms with Crippen LogP contribution in [0.4, 0.5) is 0 Å². The summed E-state index contributed by atoms with van der Waals surface area (Å²) in [7, 11) is 0. The third-order valence-corrected chi connectivity index (χ3v) is 2.00. The third-order valence-electron chi connectivity index (χ3n) is 2.00. The minimum absolute atomic E-state index is 0.414. The van der Waals surface area contributed by atoms with Crippen LogP contribution in [0.25, 0.3) is 0 Å². The van der Waals surface area contributed by atoms with Crippen LogP contribution in [0.15, 0.2) is 6.07 Å². The summed E-state index contributed by atoms with van der Waals surface area (Å²) in [5, 5.41) is 0. The van der Waals surface area contributed by atoms with Gasteiger partial charge < -0.3 is 0 Å². The van der Waals surface area contributed by atoms with E-state index in [4.69, 9.17) is 0 Å². The third kappa shape index (κ3) is 2.51. The molecule has 0 spiro atoms. The van der Waals surface area contributed by atoms with Crippen LogP contribution < -0.4 is 0 Å². The summed E-state index contributed by atoms with van der Waals surface area (Å²) in [6, 6.07) is 2.07. The summed E-state index contributed by atoms with van der Waals surface area (Å²) in [6.45, 7) is 10.6. The highest BCUT2D eigenvalue weighted by molar-refractivity contribution is 5.14. The molecule has 1 aromatic heterocycles. The van der Waals surface area contributed by atoms with Crippen molar-refractivity contribution in [1.29, 1.82) is 0 Å². The fourth-order valence-corrected chi connectivity index (χ4v) is 1.17. The number of nitrogens with zero attached hydrogens (tertiary/aromatic N) is 2. The van der Waals surface area contributed by atoms with E-state index >= 15 is 0 Å². The number of aromatic nitrogens is 2. The van der Waals surface area contributed by atoms with E-state index in [0.29, 0.717) is 11.8 Å². The molecule has 0 amide bonds. The van der Waals surface area contributed by atoms with Crippen molar-refractivity contribution in [2.45, 2.75) is 46.5 Å². The van der Waals surface area contributed by atoms with Crippen LogP contribution in [0.2, 0.25) is 0 Å². The van der Waals surface area contributed by atoms with Crippen LogP contribution in [0, 0.1) is 6.92 Å². The molecule has 1 aromatic rings. The second-order valence-electron chi connectivity index (χ2n) is 4.10. The molecule has 1 heterocycles. The van der Waals surface area contributed by atoms with E-state index in [1.54, 1.807) is 0 Å². The minimum Gasteiger partial charge on any atom is -0.238 e. The van der Waals surface area contributed by atoms with Crippen molar-refractivity contribution in [1.82, 2.24) is 9.97 Å². The van der Waals surface area contributed by atoms with Gasteiger partial charge >= 0.3 is 0 Å². The van der Waals surface area contributed by atoms with Crippen LogP contribution in [0.5, 0.6) is 0 Å². The van der Waals surface area contributed by atoms with Crippen molar-refractivity contribution < 1.29 is 0 Å². The van der Waals surface area contributed by atoms with E-state index in [1.807, 2.05) is 6.92 Å². The van der Waals surface area contributed by atoms with Crippen LogP contribution in [-0.2, 0) is 0 Å². The Morgan fingerprint density at radius 2 is 1.62 bits per heavy atom. The van der Waals surface area contributed by atoms with Gasteiger partial charge in [0.25, 0.3) is 0 Å². The highest BCUT2D eigenvalue weighted by Gasteiger charge is 2.07. The van der Waals surface area contributed by atoms with E-state index in [-0.39, 0.29) is 0 Å². The second kappa shape index (κ2) is 3.86. The van der Waals surface area contributed by atoms with Crippen LogP contribution in [0.1, 0.15) is 56.7 Å². The van der Waals surface area contributed by atoms with E-state index in [0.717, 1.165) is 17.2 Å². The first-order chi connectivity index (χ1) is 6.00. The van der Waals surface area contributed by atoms with E-state index < -0.39 is 0 Å². The van der Waals surface area contributed by atoms with E-state index in [1.165, 1.54) is 0 Å². The standard InChI is InChI=1S/C11H18N2/c1-7(2)10-6-9(5)12-11(13-10)8(3)4/h6-8H,1-5H3. The Balaban J connectivity index is 3.11. The Morgan fingerprint density at radius 3 is 2.08 bits per heavy atom. The Kier molecular flexibility index (Phi) is 3.02. The molecule has 0 aliphatic heterocycles. The quantitative estimate of drug-likeness (QED) is 0.695. The van der Waals surface area contributed by atoms with Crippen LogP contribution in [0.3, 0.4) is 0 Å². The summed E-state index contributed by atoms with van der Waals surface area (Å²) in [5.74, 6) is 1.86. The Hall–Kier alpha value is -0.920. The SMILES string of the molecule is Cc1cc(C(C)C)nc(C(C)C)n1. The predicted molar refractivity (Wildman–Crippen MR) is 54.9 cm³/mol. The van der Waals surface area contributed by atoms with Gasteiger partial charge in [-0.25, -0.2) is 9.97 Å². The summed E-state index contributed by atoms with van der Waals surface area (Å²) < 4.78 is 0. The first kappa shape index (κ1) is 10.2. The fourth-order valence-electron chi connectivity index (χ4n) is 1.17. The maximum atomic E-state index is 4.52. The molecule has 1 rings (SSSR count). The highest BCUT2D eigenvalue weighted by Crippen LogP contribution is 2.16. The lowest BCUT2D eigenvalue weighted by Gasteiger charge is -2.10. The average molecular weight is 178 g/mol. The first-order valence-electron chi connectivity index (χ1n) is 4.86. The van der Waals surface area contributed by atoms with Gasteiger partial charge in [-0.3, -0.25) is 0 Å². The average Bonchev–Trinajstić information content (AvgIpc) is 2.03. The van der Waals surface area contributed by atoms with Crippen molar-refractivity contribution in [3.05, 3.63) is 23.3 Å². The molecule has 0 unspecified atom stereocenters. The molecule has 0 saturated heterocycles. The monoisotopic (exact) mass is 178 g/mol. The predicted octanol–water partition coefficient (Wildman–Crippen LogP) is 3.03. The largest absolute Gasteiger partial charge is 0.238 e. The fraction of sp³-hybridized carbons (Fsp3) is 0.636. The molecule has 2 nitrogen and oxygen atoms in total. The van der Waals surface area contributed by atoms with Crippen molar-refractivity contribution >= 4 is 0 Å². The van der Waals surface area contributed by atoms with Crippen molar-refractivity contribution in [3.63, 3.8) is 0 Å². The summed E-state index contributed by atoms with van der Waals surface area (Å²) >= 11 is 0. The van der Waals surface area contributed by atoms with Crippen molar-refractivity contribution in [2.24, 2.45) is 0 Å². The number of hydrogen-bond donors (Lipinski definition) is 0.